The van der Waals surface area contributed by atoms with Crippen molar-refractivity contribution in [1.82, 2.24) is 9.62 Å². The van der Waals surface area contributed by atoms with Gasteiger partial charge in [0, 0.05) is 12.6 Å². The van der Waals surface area contributed by atoms with E-state index in [1.165, 1.54) is 30.4 Å². The highest BCUT2D eigenvalue weighted by atomic mass is 32.2. The molecule has 2 rings (SSSR count). The van der Waals surface area contributed by atoms with Gasteiger partial charge in [-0.1, -0.05) is 32.9 Å². The maximum absolute atomic E-state index is 12.1. The van der Waals surface area contributed by atoms with E-state index in [-0.39, 0.29) is 5.25 Å². The summed E-state index contributed by atoms with van der Waals surface area (Å²) in [6.45, 7) is 11.1. The summed E-state index contributed by atoms with van der Waals surface area (Å²) in [6, 6.07) is 6.84. The van der Waals surface area contributed by atoms with E-state index >= 15 is 0 Å². The molecule has 1 N–H and O–H groups in total. The Balaban J connectivity index is 1.99. The van der Waals surface area contributed by atoms with Gasteiger partial charge in [0.15, 0.2) is 0 Å². The number of rotatable bonds is 12. The average molecular weight is 411 g/mol. The van der Waals surface area contributed by atoms with Crippen molar-refractivity contribution in [2.24, 2.45) is 0 Å². The predicted molar refractivity (Wildman–Crippen MR) is 117 cm³/mol. The number of hydrogen-bond acceptors (Lipinski definition) is 4. The van der Waals surface area contributed by atoms with Crippen LogP contribution in [-0.2, 0) is 22.9 Å². The number of ether oxygens (including phenoxy) is 1. The summed E-state index contributed by atoms with van der Waals surface area (Å²) in [5, 5.41) is -0.374. The first-order valence-corrected chi connectivity index (χ1v) is 12.4. The van der Waals surface area contributed by atoms with Gasteiger partial charge in [-0.05, 0) is 75.7 Å². The third kappa shape index (κ3) is 6.19. The standard InChI is InChI=1S/C22H38N2O3S/c1-5-14-24(15-6-2)20-12-11-19-9-8-10-22(21(19)17-20)27-16-13-23-28(25,26)18(4)7-3/h8-10,18,20,23H,5-7,11-17H2,1-4H3. The molecule has 2 unspecified atom stereocenters. The first kappa shape index (κ1) is 23.2. The molecule has 0 aliphatic heterocycles. The van der Waals surface area contributed by atoms with Crippen molar-refractivity contribution in [2.45, 2.75) is 77.5 Å². The summed E-state index contributed by atoms with van der Waals surface area (Å²) >= 11 is 0. The van der Waals surface area contributed by atoms with Crippen LogP contribution in [0.15, 0.2) is 18.2 Å². The quantitative estimate of drug-likeness (QED) is 0.533. The van der Waals surface area contributed by atoms with E-state index in [1.54, 1.807) is 6.92 Å². The minimum absolute atomic E-state index is 0.303. The fraction of sp³-hybridized carbons (Fsp3) is 0.727. The number of sulfonamides is 1. The molecule has 0 radical (unpaired) electrons. The summed E-state index contributed by atoms with van der Waals surface area (Å²) in [6.07, 6.45) is 6.27. The van der Waals surface area contributed by atoms with Crippen LogP contribution in [0.3, 0.4) is 0 Å². The first-order chi connectivity index (χ1) is 13.4. The zero-order valence-electron chi connectivity index (χ0n) is 18.0. The first-order valence-electron chi connectivity index (χ1n) is 10.9. The van der Waals surface area contributed by atoms with Gasteiger partial charge in [-0.25, -0.2) is 13.1 Å². The molecule has 1 aromatic rings. The molecule has 0 saturated carbocycles. The van der Waals surface area contributed by atoms with Gasteiger partial charge in [0.2, 0.25) is 10.0 Å². The molecule has 160 valence electrons. The second-order valence-corrected chi connectivity index (χ2v) is 10.0. The van der Waals surface area contributed by atoms with Crippen molar-refractivity contribution >= 4 is 10.0 Å². The monoisotopic (exact) mass is 410 g/mol. The summed E-state index contributed by atoms with van der Waals surface area (Å²) in [4.78, 5) is 2.62. The van der Waals surface area contributed by atoms with Gasteiger partial charge >= 0.3 is 0 Å². The molecule has 0 bridgehead atoms. The molecule has 0 saturated heterocycles. The molecule has 2 atom stereocenters. The van der Waals surface area contributed by atoms with Gasteiger partial charge in [0.05, 0.1) is 5.25 Å². The van der Waals surface area contributed by atoms with Crippen LogP contribution < -0.4 is 9.46 Å². The number of nitrogens with zero attached hydrogens (tertiary/aromatic N) is 1. The second kappa shape index (κ2) is 11.2. The fourth-order valence-electron chi connectivity index (χ4n) is 3.94. The van der Waals surface area contributed by atoms with Crippen molar-refractivity contribution in [1.29, 1.82) is 0 Å². The van der Waals surface area contributed by atoms with Gasteiger partial charge in [-0.3, -0.25) is 0 Å². The molecule has 1 aliphatic carbocycles. The van der Waals surface area contributed by atoms with Crippen LogP contribution in [0.5, 0.6) is 5.75 Å². The molecule has 0 amide bonds. The number of benzene rings is 1. The van der Waals surface area contributed by atoms with Gasteiger partial charge in [0.25, 0.3) is 0 Å². The van der Waals surface area contributed by atoms with Crippen LogP contribution >= 0.6 is 0 Å². The number of hydrogen-bond donors (Lipinski definition) is 1. The molecular formula is C22H38N2O3S. The van der Waals surface area contributed by atoms with Crippen molar-refractivity contribution in [3.8, 4) is 5.75 Å². The third-order valence-electron chi connectivity index (χ3n) is 5.72. The smallest absolute Gasteiger partial charge is 0.214 e. The lowest BCUT2D eigenvalue weighted by atomic mass is 9.86. The van der Waals surface area contributed by atoms with Gasteiger partial charge in [-0.15, -0.1) is 0 Å². The molecular weight excluding hydrogens is 372 g/mol. The molecule has 28 heavy (non-hydrogen) atoms. The Morgan fingerprint density at radius 1 is 1.21 bits per heavy atom. The topological polar surface area (TPSA) is 58.6 Å². The highest BCUT2D eigenvalue weighted by Crippen LogP contribution is 2.31. The third-order valence-corrected chi connectivity index (χ3v) is 7.72. The number of nitrogens with one attached hydrogen (secondary N) is 1. The number of fused-ring (bicyclic) bond motifs is 1. The van der Waals surface area contributed by atoms with Gasteiger partial charge in [-0.2, -0.15) is 0 Å². The average Bonchev–Trinajstić information content (AvgIpc) is 2.70. The van der Waals surface area contributed by atoms with Crippen LogP contribution in [0.4, 0.5) is 0 Å². The zero-order valence-corrected chi connectivity index (χ0v) is 18.9. The van der Waals surface area contributed by atoms with Crippen molar-refractivity contribution in [3.63, 3.8) is 0 Å². The molecule has 5 nitrogen and oxygen atoms in total. The summed E-state index contributed by atoms with van der Waals surface area (Å²) < 4.78 is 32.8. The Bertz CT molecular complexity index is 700. The van der Waals surface area contributed by atoms with Crippen molar-refractivity contribution in [3.05, 3.63) is 29.3 Å². The van der Waals surface area contributed by atoms with Crippen LogP contribution in [0.25, 0.3) is 0 Å². The molecule has 1 aliphatic rings. The van der Waals surface area contributed by atoms with E-state index in [0.29, 0.717) is 25.6 Å². The Morgan fingerprint density at radius 3 is 2.57 bits per heavy atom. The summed E-state index contributed by atoms with van der Waals surface area (Å²) in [5.74, 6) is 0.915. The normalized spacial score (nSPS) is 18.1. The van der Waals surface area contributed by atoms with Crippen LogP contribution in [-0.4, -0.2) is 50.9 Å². The van der Waals surface area contributed by atoms with Crippen LogP contribution in [0.1, 0.15) is 64.5 Å². The van der Waals surface area contributed by atoms with E-state index < -0.39 is 10.0 Å². The SMILES string of the molecule is CCCN(CCC)C1CCc2cccc(OCCNS(=O)(=O)C(C)CC)c2C1. The lowest BCUT2D eigenvalue weighted by molar-refractivity contribution is 0.178. The fourth-order valence-corrected chi connectivity index (χ4v) is 5.03. The van der Waals surface area contributed by atoms with E-state index in [9.17, 15) is 8.42 Å². The van der Waals surface area contributed by atoms with Crippen molar-refractivity contribution in [2.75, 3.05) is 26.2 Å². The predicted octanol–water partition coefficient (Wildman–Crippen LogP) is 3.76. The zero-order chi connectivity index (χ0) is 20.6. The number of aryl methyl sites for hydroxylation is 1. The van der Waals surface area contributed by atoms with E-state index in [1.807, 2.05) is 19.1 Å². The molecule has 0 spiro atoms. The summed E-state index contributed by atoms with van der Waals surface area (Å²) in [5.41, 5.74) is 2.68. The highest BCUT2D eigenvalue weighted by Gasteiger charge is 2.25. The van der Waals surface area contributed by atoms with Gasteiger partial charge in [0.1, 0.15) is 12.4 Å². The minimum atomic E-state index is -3.25. The molecule has 0 heterocycles. The Hall–Kier alpha value is -1.11. The minimum Gasteiger partial charge on any atom is -0.492 e. The molecule has 1 aromatic carbocycles. The van der Waals surface area contributed by atoms with Crippen LogP contribution in [0, 0.1) is 0 Å². The van der Waals surface area contributed by atoms with Gasteiger partial charge < -0.3 is 9.64 Å². The van der Waals surface area contributed by atoms with Crippen LogP contribution in [0.2, 0.25) is 0 Å². The van der Waals surface area contributed by atoms with E-state index in [4.69, 9.17) is 4.74 Å². The Morgan fingerprint density at radius 2 is 1.93 bits per heavy atom. The van der Waals surface area contributed by atoms with E-state index in [0.717, 1.165) is 31.7 Å². The molecule has 0 aromatic heterocycles. The lowest BCUT2D eigenvalue weighted by Crippen LogP contribution is -2.40. The lowest BCUT2D eigenvalue weighted by Gasteiger charge is -2.35. The molecule has 0 fully saturated rings. The second-order valence-electron chi connectivity index (χ2n) is 7.83. The maximum Gasteiger partial charge on any atom is 0.214 e. The van der Waals surface area contributed by atoms with E-state index in [2.05, 4.69) is 29.5 Å². The summed E-state index contributed by atoms with van der Waals surface area (Å²) in [7, 11) is -3.25. The van der Waals surface area contributed by atoms with Crippen molar-refractivity contribution < 1.29 is 13.2 Å². The maximum atomic E-state index is 12.1. The Kier molecular flexibility index (Phi) is 9.25. The Labute approximate surface area is 171 Å². The molecule has 6 heteroatoms. The highest BCUT2D eigenvalue weighted by molar-refractivity contribution is 7.90. The largest absolute Gasteiger partial charge is 0.492 e.